The number of para-hydroxylation sites is 1. The molecule has 0 fully saturated rings. The van der Waals surface area contributed by atoms with Crippen molar-refractivity contribution in [1.82, 2.24) is 9.24 Å². The van der Waals surface area contributed by atoms with Crippen molar-refractivity contribution in [2.75, 3.05) is 5.43 Å². The number of rotatable bonds is 5. The number of benzene rings is 2. The van der Waals surface area contributed by atoms with E-state index in [0.29, 0.717) is 16.6 Å². The van der Waals surface area contributed by atoms with Crippen molar-refractivity contribution in [3.63, 3.8) is 0 Å². The lowest BCUT2D eigenvalue weighted by atomic mass is 10.1. The average Bonchev–Trinajstić information content (AvgIpc) is 3.28. The zero-order valence-corrected chi connectivity index (χ0v) is 19.1. The Bertz CT molecular complexity index is 1390. The second-order valence-corrected chi connectivity index (χ2v) is 8.37. The first-order chi connectivity index (χ1) is 15.4. The summed E-state index contributed by atoms with van der Waals surface area (Å²) in [5.41, 5.74) is 7.23. The Morgan fingerprint density at radius 2 is 1.81 bits per heavy atom. The molecule has 160 valence electrons. The Morgan fingerprint density at radius 1 is 1.09 bits per heavy atom. The first-order valence-corrected chi connectivity index (χ1v) is 10.7. The summed E-state index contributed by atoms with van der Waals surface area (Å²) in [4.78, 5) is 12.8. The van der Waals surface area contributed by atoms with Crippen molar-refractivity contribution in [3.05, 3.63) is 98.9 Å². The maximum atomic E-state index is 12.8. The lowest BCUT2D eigenvalue weighted by Gasteiger charge is -2.10. The highest BCUT2D eigenvalue weighted by molar-refractivity contribution is 6.35. The van der Waals surface area contributed by atoms with E-state index in [1.807, 2.05) is 73.1 Å². The average molecular weight is 463 g/mol. The highest BCUT2D eigenvalue weighted by Gasteiger charge is 2.15. The number of aryl methyl sites for hydroxylation is 2. The normalized spacial score (nSPS) is 11.5. The largest absolute Gasteiger partial charge is 0.342 e. The van der Waals surface area contributed by atoms with E-state index in [0.717, 1.165) is 33.4 Å². The van der Waals surface area contributed by atoms with Gasteiger partial charge >= 0.3 is 0 Å². The van der Waals surface area contributed by atoms with E-state index in [4.69, 9.17) is 23.2 Å². The Labute approximate surface area is 196 Å². The molecule has 2 aromatic carbocycles. The number of hydrogen-bond donors (Lipinski definition) is 1. The molecule has 0 aliphatic carbocycles. The van der Waals surface area contributed by atoms with Gasteiger partial charge in [0.25, 0.3) is 5.91 Å². The lowest BCUT2D eigenvalue weighted by Crippen LogP contribution is -2.25. The minimum absolute atomic E-state index is 0.0185. The first-order valence-electron chi connectivity index (χ1n) is 9.97. The van der Waals surface area contributed by atoms with Crippen LogP contribution in [0.5, 0.6) is 0 Å². The monoisotopic (exact) mass is 462 g/mol. The number of carbonyl (C=O) groups excluding carboxylic acids is 1. The van der Waals surface area contributed by atoms with Crippen LogP contribution in [0.1, 0.15) is 22.5 Å². The third kappa shape index (κ3) is 4.29. The van der Waals surface area contributed by atoms with E-state index < -0.39 is 5.91 Å². The van der Waals surface area contributed by atoms with Crippen molar-refractivity contribution in [1.29, 1.82) is 5.26 Å². The van der Waals surface area contributed by atoms with Crippen molar-refractivity contribution in [2.45, 2.75) is 20.4 Å². The predicted molar refractivity (Wildman–Crippen MR) is 129 cm³/mol. The summed E-state index contributed by atoms with van der Waals surface area (Å²) >= 11 is 12.4. The van der Waals surface area contributed by atoms with E-state index in [9.17, 15) is 10.1 Å². The zero-order chi connectivity index (χ0) is 22.8. The Hall–Kier alpha value is -3.46. The molecule has 2 heterocycles. The minimum atomic E-state index is -0.465. The fourth-order valence-corrected chi connectivity index (χ4v) is 4.13. The summed E-state index contributed by atoms with van der Waals surface area (Å²) in [6.45, 7) is 4.30. The minimum Gasteiger partial charge on any atom is -0.342 e. The first kappa shape index (κ1) is 21.8. The van der Waals surface area contributed by atoms with Gasteiger partial charge in [-0.2, -0.15) is 5.26 Å². The second kappa shape index (κ2) is 8.96. The molecule has 4 rings (SSSR count). The molecular weight excluding hydrogens is 443 g/mol. The molecule has 0 aliphatic heterocycles. The third-order valence-corrected chi connectivity index (χ3v) is 5.91. The summed E-state index contributed by atoms with van der Waals surface area (Å²) in [7, 11) is 0. The summed E-state index contributed by atoms with van der Waals surface area (Å²) in [6, 6.07) is 19.1. The highest BCUT2D eigenvalue weighted by atomic mass is 35.5. The van der Waals surface area contributed by atoms with Crippen molar-refractivity contribution in [3.8, 4) is 6.07 Å². The van der Waals surface area contributed by atoms with Crippen LogP contribution in [0.15, 0.2) is 66.4 Å². The fraction of sp³-hybridized carbons (Fsp3) is 0.120. The summed E-state index contributed by atoms with van der Waals surface area (Å²) in [5, 5.41) is 11.8. The molecule has 0 saturated carbocycles. The SMILES string of the molecule is Cc1ccc(C)n1NC(=O)/C(C#N)=C/c1cn(Cc2ccc(Cl)cc2Cl)c2ccccc12. The van der Waals surface area contributed by atoms with Crippen LogP contribution in [0.25, 0.3) is 17.0 Å². The van der Waals surface area contributed by atoms with Crippen LogP contribution in [0.2, 0.25) is 10.0 Å². The van der Waals surface area contributed by atoms with Crippen molar-refractivity contribution >= 4 is 46.1 Å². The molecule has 0 atom stereocenters. The van der Waals surface area contributed by atoms with Gasteiger partial charge in [0.2, 0.25) is 0 Å². The molecule has 1 amide bonds. The molecule has 0 radical (unpaired) electrons. The lowest BCUT2D eigenvalue weighted by molar-refractivity contribution is -0.113. The molecule has 5 nitrogen and oxygen atoms in total. The van der Waals surface area contributed by atoms with Crippen LogP contribution in [0, 0.1) is 25.2 Å². The standard InChI is InChI=1S/C25H20Cl2N4O/c1-16-7-8-17(2)31(16)29-25(32)19(13-28)11-20-15-30(24-6-4-3-5-22(20)24)14-18-9-10-21(26)12-23(18)27/h3-12,15H,14H2,1-2H3,(H,29,32)/b19-11+. The fourth-order valence-electron chi connectivity index (χ4n) is 3.67. The van der Waals surface area contributed by atoms with E-state index in [1.165, 1.54) is 0 Å². The number of fused-ring (bicyclic) bond motifs is 1. The number of carbonyl (C=O) groups is 1. The van der Waals surface area contributed by atoms with Gasteiger partial charge in [0.15, 0.2) is 0 Å². The number of nitriles is 1. The third-order valence-electron chi connectivity index (χ3n) is 5.32. The molecule has 0 bridgehead atoms. The van der Waals surface area contributed by atoms with Gasteiger partial charge in [-0.15, -0.1) is 0 Å². The van der Waals surface area contributed by atoms with Crippen LogP contribution in [0.3, 0.4) is 0 Å². The maximum absolute atomic E-state index is 12.8. The number of nitrogens with zero attached hydrogens (tertiary/aromatic N) is 3. The number of hydrogen-bond acceptors (Lipinski definition) is 2. The molecule has 0 saturated heterocycles. The van der Waals surface area contributed by atoms with Crippen LogP contribution in [-0.2, 0) is 11.3 Å². The number of amides is 1. The molecule has 4 aromatic rings. The smallest absolute Gasteiger partial charge is 0.280 e. The quantitative estimate of drug-likeness (QED) is 0.288. The molecule has 2 aromatic heterocycles. The number of aromatic nitrogens is 2. The van der Waals surface area contributed by atoms with E-state index in [2.05, 4.69) is 5.43 Å². The topological polar surface area (TPSA) is 62.8 Å². The van der Waals surface area contributed by atoms with Gasteiger partial charge in [0.1, 0.15) is 11.6 Å². The second-order valence-electron chi connectivity index (χ2n) is 7.53. The molecule has 1 N–H and O–H groups in total. The van der Waals surface area contributed by atoms with E-state index in [-0.39, 0.29) is 5.57 Å². The zero-order valence-electron chi connectivity index (χ0n) is 17.6. The maximum Gasteiger partial charge on any atom is 0.280 e. The molecule has 0 unspecified atom stereocenters. The van der Waals surface area contributed by atoms with Gasteiger partial charge in [-0.1, -0.05) is 47.5 Å². The van der Waals surface area contributed by atoms with Crippen molar-refractivity contribution < 1.29 is 4.79 Å². The van der Waals surface area contributed by atoms with Crippen molar-refractivity contribution in [2.24, 2.45) is 0 Å². The Balaban J connectivity index is 1.71. The predicted octanol–water partition coefficient (Wildman–Crippen LogP) is 6.09. The Morgan fingerprint density at radius 3 is 2.50 bits per heavy atom. The van der Waals surface area contributed by atoms with Gasteiger partial charge in [-0.25, -0.2) is 0 Å². The van der Waals surface area contributed by atoms with Crippen LogP contribution >= 0.6 is 23.2 Å². The van der Waals surface area contributed by atoms with E-state index in [1.54, 1.807) is 22.9 Å². The van der Waals surface area contributed by atoms with Crippen LogP contribution < -0.4 is 5.43 Å². The summed E-state index contributed by atoms with van der Waals surface area (Å²) in [6.07, 6.45) is 3.54. The van der Waals surface area contributed by atoms with Gasteiger partial charge in [-0.05, 0) is 55.8 Å². The molecule has 0 spiro atoms. The van der Waals surface area contributed by atoms with E-state index >= 15 is 0 Å². The van der Waals surface area contributed by atoms with Crippen LogP contribution in [-0.4, -0.2) is 15.2 Å². The molecule has 7 heteroatoms. The number of nitrogens with one attached hydrogen (secondary N) is 1. The number of halogens is 2. The summed E-state index contributed by atoms with van der Waals surface area (Å²) < 4.78 is 3.71. The molecular formula is C25H20Cl2N4O. The van der Waals surface area contributed by atoms with Gasteiger partial charge in [0, 0.05) is 50.6 Å². The molecule has 32 heavy (non-hydrogen) atoms. The molecule has 0 aliphatic rings. The Kier molecular flexibility index (Phi) is 6.09. The van der Waals surface area contributed by atoms with Gasteiger partial charge in [-0.3, -0.25) is 14.9 Å². The van der Waals surface area contributed by atoms with Gasteiger partial charge < -0.3 is 4.57 Å². The highest BCUT2D eigenvalue weighted by Crippen LogP contribution is 2.27. The van der Waals surface area contributed by atoms with Crippen LogP contribution in [0.4, 0.5) is 0 Å². The van der Waals surface area contributed by atoms with Gasteiger partial charge in [0.05, 0.1) is 0 Å². The summed E-state index contributed by atoms with van der Waals surface area (Å²) in [5.74, 6) is -0.465.